The van der Waals surface area contributed by atoms with Gasteiger partial charge in [0.1, 0.15) is 0 Å². The number of thiocarbonyl (C=S) groups is 1. The third-order valence-electron chi connectivity index (χ3n) is 2.58. The van der Waals surface area contributed by atoms with Crippen molar-refractivity contribution in [3.63, 3.8) is 0 Å². The summed E-state index contributed by atoms with van der Waals surface area (Å²) in [6, 6.07) is 1.50. The summed E-state index contributed by atoms with van der Waals surface area (Å²) in [5.74, 6) is 0. The van der Waals surface area contributed by atoms with E-state index < -0.39 is 10.0 Å². The minimum atomic E-state index is -3.51. The molecule has 0 saturated heterocycles. The van der Waals surface area contributed by atoms with Crippen LogP contribution in [0, 0.1) is 6.92 Å². The van der Waals surface area contributed by atoms with E-state index >= 15 is 0 Å². The molecular formula is C11H17BrN2O2S3. The fraction of sp³-hybridized carbons (Fsp3) is 0.545. The average Bonchev–Trinajstić information content (AvgIpc) is 2.57. The third-order valence-corrected chi connectivity index (χ3v) is 6.67. The Balaban J connectivity index is 3.13. The second-order valence-corrected chi connectivity index (χ2v) is 9.42. The Morgan fingerprint density at radius 2 is 2.16 bits per heavy atom. The summed E-state index contributed by atoms with van der Waals surface area (Å²) in [6.07, 6.45) is 0.386. The molecule has 0 unspecified atom stereocenters. The van der Waals surface area contributed by atoms with E-state index in [1.165, 1.54) is 15.6 Å². The molecule has 0 aliphatic rings. The minimum Gasteiger partial charge on any atom is -0.393 e. The highest BCUT2D eigenvalue weighted by Crippen LogP contribution is 2.32. The molecule has 1 aromatic heterocycles. The number of sulfonamides is 1. The molecule has 0 atom stereocenters. The van der Waals surface area contributed by atoms with Gasteiger partial charge in [0.05, 0.1) is 13.7 Å². The van der Waals surface area contributed by atoms with E-state index in [9.17, 15) is 8.42 Å². The van der Waals surface area contributed by atoms with Gasteiger partial charge in [-0.1, -0.05) is 12.2 Å². The molecule has 0 saturated carbocycles. The number of aryl methyl sites for hydroxylation is 1. The maximum Gasteiger partial charge on any atom is 0.244 e. The quantitative estimate of drug-likeness (QED) is 0.765. The van der Waals surface area contributed by atoms with Crippen molar-refractivity contribution < 1.29 is 8.42 Å². The van der Waals surface area contributed by atoms with Crippen LogP contribution in [0.1, 0.15) is 25.1 Å². The maximum absolute atomic E-state index is 12.6. The van der Waals surface area contributed by atoms with Crippen LogP contribution in [-0.4, -0.2) is 30.3 Å². The minimum absolute atomic E-state index is 0.141. The van der Waals surface area contributed by atoms with Crippen molar-refractivity contribution in [1.82, 2.24) is 4.31 Å². The largest absolute Gasteiger partial charge is 0.393 e. The predicted molar refractivity (Wildman–Crippen MR) is 87.2 cm³/mol. The van der Waals surface area contributed by atoms with Crippen LogP contribution in [0.5, 0.6) is 0 Å². The molecule has 0 fully saturated rings. The van der Waals surface area contributed by atoms with Crippen LogP contribution in [0.4, 0.5) is 0 Å². The monoisotopic (exact) mass is 384 g/mol. The van der Waals surface area contributed by atoms with E-state index in [0.29, 0.717) is 22.8 Å². The van der Waals surface area contributed by atoms with Crippen molar-refractivity contribution in [2.24, 2.45) is 5.73 Å². The molecule has 1 aromatic rings. The summed E-state index contributed by atoms with van der Waals surface area (Å²) in [7, 11) is -3.51. The van der Waals surface area contributed by atoms with E-state index in [1.54, 1.807) is 13.0 Å². The van der Waals surface area contributed by atoms with Gasteiger partial charge in [-0.15, -0.1) is 11.3 Å². The van der Waals surface area contributed by atoms with Gasteiger partial charge in [0.25, 0.3) is 0 Å². The highest BCUT2D eigenvalue weighted by molar-refractivity contribution is 9.11. The molecule has 0 aliphatic carbocycles. The summed E-state index contributed by atoms with van der Waals surface area (Å²) in [5.41, 5.74) is 5.46. The maximum atomic E-state index is 12.6. The predicted octanol–water partition coefficient (Wildman–Crippen LogP) is 2.89. The molecule has 2 N–H and O–H groups in total. The Hall–Kier alpha value is -0.0200. The van der Waals surface area contributed by atoms with Crippen molar-refractivity contribution in [3.8, 4) is 0 Å². The average molecular weight is 385 g/mol. The van der Waals surface area contributed by atoms with Crippen molar-refractivity contribution in [1.29, 1.82) is 0 Å². The lowest BCUT2D eigenvalue weighted by Gasteiger charge is -2.25. The van der Waals surface area contributed by atoms with Crippen LogP contribution in [0.2, 0.25) is 0 Å². The van der Waals surface area contributed by atoms with Gasteiger partial charge >= 0.3 is 0 Å². The molecule has 1 heterocycles. The van der Waals surface area contributed by atoms with Gasteiger partial charge in [0.15, 0.2) is 0 Å². The lowest BCUT2D eigenvalue weighted by molar-refractivity contribution is 0.362. The highest BCUT2D eigenvalue weighted by atomic mass is 79.9. The molecule has 8 heteroatoms. The van der Waals surface area contributed by atoms with Crippen LogP contribution in [0.25, 0.3) is 0 Å². The number of hydrogen-bond acceptors (Lipinski definition) is 4. The molecule has 0 aromatic carbocycles. The van der Waals surface area contributed by atoms with E-state index in [0.717, 1.165) is 8.66 Å². The van der Waals surface area contributed by atoms with E-state index in [-0.39, 0.29) is 6.04 Å². The van der Waals surface area contributed by atoms with Crippen LogP contribution in [0.3, 0.4) is 0 Å². The molecular weight excluding hydrogens is 368 g/mol. The van der Waals surface area contributed by atoms with Crippen LogP contribution in [-0.2, 0) is 10.0 Å². The normalized spacial score (nSPS) is 12.3. The number of nitrogens with two attached hydrogens (primary N) is 1. The Morgan fingerprint density at radius 1 is 1.58 bits per heavy atom. The second kappa shape index (κ2) is 6.62. The molecule has 0 spiro atoms. The lowest BCUT2D eigenvalue weighted by Crippen LogP contribution is -2.39. The van der Waals surface area contributed by atoms with Gasteiger partial charge in [-0.05, 0) is 42.8 Å². The first-order chi connectivity index (χ1) is 8.66. The zero-order chi connectivity index (χ0) is 14.8. The van der Waals surface area contributed by atoms with Gasteiger partial charge < -0.3 is 5.73 Å². The lowest BCUT2D eigenvalue weighted by atomic mass is 10.3. The summed E-state index contributed by atoms with van der Waals surface area (Å²) in [6.45, 7) is 5.79. The first kappa shape index (κ1) is 17.0. The van der Waals surface area contributed by atoms with Crippen LogP contribution in [0.15, 0.2) is 14.7 Å². The zero-order valence-electron chi connectivity index (χ0n) is 11.0. The Labute approximate surface area is 132 Å². The Bertz CT molecular complexity index is 566. The van der Waals surface area contributed by atoms with Crippen molar-refractivity contribution in [2.45, 2.75) is 38.1 Å². The van der Waals surface area contributed by atoms with E-state index in [2.05, 4.69) is 15.9 Å². The topological polar surface area (TPSA) is 63.4 Å². The van der Waals surface area contributed by atoms with Crippen molar-refractivity contribution >= 4 is 54.5 Å². The van der Waals surface area contributed by atoms with Gasteiger partial charge in [0, 0.05) is 23.9 Å². The molecule has 19 heavy (non-hydrogen) atoms. The Kier molecular flexibility index (Phi) is 5.94. The smallest absolute Gasteiger partial charge is 0.244 e. The standard InChI is InChI=1S/C11H17BrN2O2S3/c1-7(2)14(5-4-11(13)17)19(15,16)9-6-10(12)18-8(9)3/h6-7H,4-5H2,1-3H3,(H2,13,17). The SMILES string of the molecule is Cc1sc(Br)cc1S(=O)(=O)N(CCC(N)=S)C(C)C. The number of hydrogen-bond donors (Lipinski definition) is 1. The molecule has 108 valence electrons. The summed E-state index contributed by atoms with van der Waals surface area (Å²) in [4.78, 5) is 1.44. The first-order valence-electron chi connectivity index (χ1n) is 5.72. The number of thiophene rings is 1. The molecule has 0 aliphatic heterocycles. The van der Waals surface area contributed by atoms with E-state index in [1.807, 2.05) is 13.8 Å². The fourth-order valence-corrected chi connectivity index (χ4v) is 5.80. The molecule has 0 bridgehead atoms. The second-order valence-electron chi connectivity index (χ2n) is 4.40. The fourth-order valence-electron chi connectivity index (χ4n) is 1.69. The zero-order valence-corrected chi connectivity index (χ0v) is 15.0. The van der Waals surface area contributed by atoms with E-state index in [4.69, 9.17) is 18.0 Å². The number of halogens is 1. The number of nitrogens with zero attached hydrogens (tertiary/aromatic N) is 1. The molecule has 0 amide bonds. The molecule has 1 rings (SSSR count). The first-order valence-corrected chi connectivity index (χ1v) is 9.18. The summed E-state index contributed by atoms with van der Waals surface area (Å²) < 4.78 is 27.5. The van der Waals surface area contributed by atoms with Gasteiger partial charge in [0.2, 0.25) is 10.0 Å². The van der Waals surface area contributed by atoms with Crippen molar-refractivity contribution in [3.05, 3.63) is 14.7 Å². The van der Waals surface area contributed by atoms with Gasteiger partial charge in [-0.2, -0.15) is 4.31 Å². The van der Waals surface area contributed by atoms with Crippen LogP contribution >= 0.6 is 39.5 Å². The molecule has 0 radical (unpaired) electrons. The third kappa shape index (κ3) is 4.22. The van der Waals surface area contributed by atoms with Gasteiger partial charge in [-0.3, -0.25) is 0 Å². The molecule has 4 nitrogen and oxygen atoms in total. The van der Waals surface area contributed by atoms with Crippen LogP contribution < -0.4 is 5.73 Å². The summed E-state index contributed by atoms with van der Waals surface area (Å²) in [5, 5.41) is 0. The summed E-state index contributed by atoms with van der Waals surface area (Å²) >= 11 is 9.55. The van der Waals surface area contributed by atoms with Crippen molar-refractivity contribution in [2.75, 3.05) is 6.54 Å². The Morgan fingerprint density at radius 3 is 2.53 bits per heavy atom. The van der Waals surface area contributed by atoms with Gasteiger partial charge in [-0.25, -0.2) is 8.42 Å². The highest BCUT2D eigenvalue weighted by Gasteiger charge is 2.29. The number of rotatable bonds is 6.